The van der Waals surface area contributed by atoms with Crippen LogP contribution in [-0.2, 0) is 9.57 Å². The average molecular weight is 132 g/mol. The van der Waals surface area contributed by atoms with Crippen molar-refractivity contribution in [3.8, 4) is 0 Å². The molecule has 1 fully saturated rings. The molecule has 1 atom stereocenters. The third-order valence-corrected chi connectivity index (χ3v) is 1.03. The van der Waals surface area contributed by atoms with Crippen molar-refractivity contribution in [1.29, 1.82) is 0 Å². The molecule has 1 heterocycles. The molecule has 0 bridgehead atoms. The first-order valence-corrected chi connectivity index (χ1v) is 2.59. The number of rotatable bonds is 2. The van der Waals surface area contributed by atoms with Gasteiger partial charge in [0, 0.05) is 0 Å². The summed E-state index contributed by atoms with van der Waals surface area (Å²) < 4.78 is 4.65. The number of carbonyl (C=O) groups excluding carboxylic acids is 1. The van der Waals surface area contributed by atoms with Crippen molar-refractivity contribution in [2.45, 2.75) is 6.10 Å². The molecule has 0 saturated carbocycles. The Balaban J connectivity index is 2.22. The van der Waals surface area contributed by atoms with E-state index in [-0.39, 0.29) is 12.7 Å². The van der Waals surface area contributed by atoms with E-state index >= 15 is 0 Å². The summed E-state index contributed by atoms with van der Waals surface area (Å²) in [5.74, 6) is 4.73. The minimum atomic E-state index is -0.406. The van der Waals surface area contributed by atoms with Crippen LogP contribution in [0.2, 0.25) is 0 Å². The molecule has 1 unspecified atom stereocenters. The maximum Gasteiger partial charge on any atom is 0.407 e. The van der Waals surface area contributed by atoms with Crippen molar-refractivity contribution in [3.63, 3.8) is 0 Å². The van der Waals surface area contributed by atoms with Gasteiger partial charge >= 0.3 is 6.09 Å². The minimum absolute atomic E-state index is 0.220. The third kappa shape index (κ3) is 1.55. The Morgan fingerprint density at radius 3 is 3.22 bits per heavy atom. The molecule has 5 heteroatoms. The Labute approximate surface area is 52.1 Å². The fourth-order valence-corrected chi connectivity index (χ4v) is 0.632. The molecule has 1 saturated heterocycles. The van der Waals surface area contributed by atoms with Crippen LogP contribution in [0.1, 0.15) is 0 Å². The van der Waals surface area contributed by atoms with Crippen molar-refractivity contribution in [2.24, 2.45) is 5.90 Å². The van der Waals surface area contributed by atoms with E-state index in [0.717, 1.165) is 0 Å². The molecule has 0 aliphatic carbocycles. The smallest absolute Gasteiger partial charge is 0.407 e. The molecular formula is C4H8N2O3. The zero-order valence-corrected chi connectivity index (χ0v) is 4.79. The van der Waals surface area contributed by atoms with Crippen LogP contribution >= 0.6 is 0 Å². The monoisotopic (exact) mass is 132 g/mol. The summed E-state index contributed by atoms with van der Waals surface area (Å²) in [7, 11) is 0. The number of amides is 1. The highest BCUT2D eigenvalue weighted by Gasteiger charge is 2.21. The van der Waals surface area contributed by atoms with Gasteiger partial charge in [0.1, 0.15) is 12.7 Å². The van der Waals surface area contributed by atoms with Gasteiger partial charge in [0.15, 0.2) is 0 Å². The van der Waals surface area contributed by atoms with Crippen molar-refractivity contribution in [3.05, 3.63) is 0 Å². The molecule has 0 aromatic carbocycles. The molecule has 9 heavy (non-hydrogen) atoms. The predicted molar refractivity (Wildman–Crippen MR) is 28.4 cm³/mol. The van der Waals surface area contributed by atoms with Crippen LogP contribution in [0, 0.1) is 0 Å². The van der Waals surface area contributed by atoms with Crippen LogP contribution in [0.25, 0.3) is 0 Å². The fraction of sp³-hybridized carbons (Fsp3) is 0.750. The number of cyclic esters (lactones) is 1. The molecule has 3 N–H and O–H groups in total. The van der Waals surface area contributed by atoms with Gasteiger partial charge in [-0.2, -0.15) is 0 Å². The second kappa shape index (κ2) is 2.65. The maximum absolute atomic E-state index is 10.3. The second-order valence-electron chi connectivity index (χ2n) is 1.74. The summed E-state index contributed by atoms with van der Waals surface area (Å²) in [5, 5.41) is 2.46. The molecule has 1 amide bonds. The Hall–Kier alpha value is -0.810. The predicted octanol–water partition coefficient (Wildman–Crippen LogP) is -1.01. The lowest BCUT2D eigenvalue weighted by Gasteiger charge is -2.02. The molecule has 5 nitrogen and oxygen atoms in total. The number of hydrogen-bond donors (Lipinski definition) is 2. The zero-order valence-electron chi connectivity index (χ0n) is 4.79. The number of alkyl carbamates (subject to hydrolysis) is 1. The van der Waals surface area contributed by atoms with Crippen LogP contribution in [0.3, 0.4) is 0 Å². The van der Waals surface area contributed by atoms with Gasteiger partial charge < -0.3 is 14.9 Å². The fourth-order valence-electron chi connectivity index (χ4n) is 0.632. The molecule has 0 spiro atoms. The molecular weight excluding hydrogens is 124 g/mol. The molecule has 1 aliphatic heterocycles. The summed E-state index contributed by atoms with van der Waals surface area (Å²) >= 11 is 0. The molecule has 52 valence electrons. The third-order valence-electron chi connectivity index (χ3n) is 1.03. The van der Waals surface area contributed by atoms with Crippen molar-refractivity contribution in [1.82, 2.24) is 5.32 Å². The summed E-state index contributed by atoms with van der Waals surface area (Å²) in [6.45, 7) is 0.731. The number of hydrogen-bond acceptors (Lipinski definition) is 4. The summed E-state index contributed by atoms with van der Waals surface area (Å²) in [6.07, 6.45) is -0.625. The lowest BCUT2D eigenvalue weighted by molar-refractivity contribution is 0.0460. The van der Waals surface area contributed by atoms with E-state index in [1.807, 2.05) is 0 Å². The summed E-state index contributed by atoms with van der Waals surface area (Å²) in [6, 6.07) is 0. The highest BCUT2D eigenvalue weighted by molar-refractivity contribution is 5.69. The molecule has 1 aliphatic rings. The van der Waals surface area contributed by atoms with E-state index in [2.05, 4.69) is 14.9 Å². The first-order valence-electron chi connectivity index (χ1n) is 2.59. The highest BCUT2D eigenvalue weighted by atomic mass is 16.6. The standard InChI is InChI=1S/C4H8N2O3/c5-8-2-3-1-6-4(7)9-3/h3H,1-2,5H2,(H,6,7). The number of nitrogens with two attached hydrogens (primary N) is 1. The summed E-state index contributed by atoms with van der Waals surface area (Å²) in [4.78, 5) is 14.6. The maximum atomic E-state index is 10.3. The van der Waals surface area contributed by atoms with Gasteiger partial charge in [-0.1, -0.05) is 0 Å². The minimum Gasteiger partial charge on any atom is -0.442 e. The van der Waals surface area contributed by atoms with Gasteiger partial charge in [-0.05, 0) is 0 Å². The summed E-state index contributed by atoms with van der Waals surface area (Å²) in [5.41, 5.74) is 0. The van der Waals surface area contributed by atoms with Gasteiger partial charge in [0.2, 0.25) is 0 Å². The quantitative estimate of drug-likeness (QED) is 0.472. The van der Waals surface area contributed by atoms with E-state index in [0.29, 0.717) is 6.54 Å². The van der Waals surface area contributed by atoms with Crippen LogP contribution in [-0.4, -0.2) is 25.3 Å². The topological polar surface area (TPSA) is 73.6 Å². The lowest BCUT2D eigenvalue weighted by atomic mass is 10.4. The Morgan fingerprint density at radius 2 is 2.78 bits per heavy atom. The molecule has 1 rings (SSSR count). The molecule has 0 aromatic heterocycles. The van der Waals surface area contributed by atoms with Gasteiger partial charge in [-0.15, -0.1) is 0 Å². The van der Waals surface area contributed by atoms with E-state index in [1.165, 1.54) is 0 Å². The van der Waals surface area contributed by atoms with Crippen LogP contribution in [0.15, 0.2) is 0 Å². The average Bonchev–Trinajstić information content (AvgIpc) is 2.17. The number of carbonyl (C=O) groups is 1. The molecule has 0 aromatic rings. The molecule has 0 radical (unpaired) electrons. The van der Waals surface area contributed by atoms with Gasteiger partial charge in [-0.25, -0.2) is 10.7 Å². The zero-order chi connectivity index (χ0) is 6.69. The van der Waals surface area contributed by atoms with Gasteiger partial charge in [-0.3, -0.25) is 0 Å². The van der Waals surface area contributed by atoms with Crippen molar-refractivity contribution < 1.29 is 14.4 Å². The Morgan fingerprint density at radius 1 is 2.00 bits per heavy atom. The first-order chi connectivity index (χ1) is 4.33. The largest absolute Gasteiger partial charge is 0.442 e. The van der Waals surface area contributed by atoms with E-state index in [4.69, 9.17) is 5.90 Å². The normalized spacial score (nSPS) is 25.4. The SMILES string of the molecule is NOCC1CNC(=O)O1. The van der Waals surface area contributed by atoms with E-state index in [9.17, 15) is 4.79 Å². The van der Waals surface area contributed by atoms with Crippen molar-refractivity contribution >= 4 is 6.09 Å². The van der Waals surface area contributed by atoms with Crippen LogP contribution < -0.4 is 11.2 Å². The van der Waals surface area contributed by atoms with Crippen molar-refractivity contribution in [2.75, 3.05) is 13.2 Å². The highest BCUT2D eigenvalue weighted by Crippen LogP contribution is 1.98. The van der Waals surface area contributed by atoms with E-state index in [1.54, 1.807) is 0 Å². The number of ether oxygens (including phenoxy) is 1. The Bertz CT molecular complexity index is 116. The van der Waals surface area contributed by atoms with E-state index < -0.39 is 6.09 Å². The second-order valence-corrected chi connectivity index (χ2v) is 1.74. The van der Waals surface area contributed by atoms with Crippen LogP contribution in [0.5, 0.6) is 0 Å². The number of nitrogens with one attached hydrogen (secondary N) is 1. The van der Waals surface area contributed by atoms with Gasteiger partial charge in [0.25, 0.3) is 0 Å². The first kappa shape index (κ1) is 6.31. The van der Waals surface area contributed by atoms with Gasteiger partial charge in [0.05, 0.1) is 6.54 Å². The lowest BCUT2D eigenvalue weighted by Crippen LogP contribution is -2.21. The van der Waals surface area contributed by atoms with Crippen LogP contribution in [0.4, 0.5) is 4.79 Å². The Kier molecular flexibility index (Phi) is 1.86.